The van der Waals surface area contributed by atoms with Gasteiger partial charge < -0.3 is 14.8 Å². The fraction of sp³-hybridized carbons (Fsp3) is 0.667. The Labute approximate surface area is 132 Å². The van der Waals surface area contributed by atoms with E-state index < -0.39 is 0 Å². The van der Waals surface area contributed by atoms with E-state index in [1.165, 1.54) is 0 Å². The molecule has 0 spiro atoms. The molecule has 5 nitrogen and oxygen atoms in total. The van der Waals surface area contributed by atoms with E-state index in [2.05, 4.69) is 26.1 Å². The minimum Gasteiger partial charge on any atom is -0.454 e. The van der Waals surface area contributed by atoms with Gasteiger partial charge in [0.05, 0.1) is 11.7 Å². The van der Waals surface area contributed by atoms with E-state index in [9.17, 15) is 9.90 Å². The van der Waals surface area contributed by atoms with Crippen LogP contribution in [0.5, 0.6) is 0 Å². The van der Waals surface area contributed by atoms with Crippen molar-refractivity contribution in [3.63, 3.8) is 0 Å². The highest BCUT2D eigenvalue weighted by Crippen LogP contribution is 2.28. The molecule has 21 heavy (non-hydrogen) atoms. The lowest BCUT2D eigenvalue weighted by molar-refractivity contribution is 0.0904. The molecular weight excluding hydrogens is 336 g/mol. The summed E-state index contributed by atoms with van der Waals surface area (Å²) in [7, 11) is 0. The van der Waals surface area contributed by atoms with E-state index in [0.29, 0.717) is 22.0 Å². The lowest BCUT2D eigenvalue weighted by Crippen LogP contribution is -2.48. The molecule has 1 aromatic rings. The highest BCUT2D eigenvalue weighted by molar-refractivity contribution is 9.10. The van der Waals surface area contributed by atoms with Gasteiger partial charge in [0.15, 0.2) is 4.67 Å². The third-order valence-electron chi connectivity index (χ3n) is 4.59. The van der Waals surface area contributed by atoms with Gasteiger partial charge in [-0.15, -0.1) is 0 Å². The number of aliphatic hydroxyl groups excluding tert-OH is 1. The number of nitrogens with one attached hydrogen (secondary N) is 1. The summed E-state index contributed by atoms with van der Waals surface area (Å²) >= 11 is 3.25. The largest absolute Gasteiger partial charge is 0.454 e. The van der Waals surface area contributed by atoms with E-state index >= 15 is 0 Å². The Morgan fingerprint density at radius 1 is 1.48 bits per heavy atom. The molecule has 1 saturated heterocycles. The second kappa shape index (κ2) is 6.10. The normalized spacial score (nSPS) is 30.0. The second-order valence-electron chi connectivity index (χ2n) is 6.04. The first-order valence-corrected chi connectivity index (χ1v) is 8.33. The smallest absolute Gasteiger partial charge is 0.255 e. The zero-order valence-corrected chi connectivity index (χ0v) is 13.7. The Morgan fingerprint density at radius 2 is 2.29 bits per heavy atom. The molecule has 0 aromatic carbocycles. The zero-order chi connectivity index (χ0) is 15.0. The first-order chi connectivity index (χ1) is 10.0. The summed E-state index contributed by atoms with van der Waals surface area (Å²) in [6.07, 6.45) is 3.84. The van der Waals surface area contributed by atoms with Crippen molar-refractivity contribution in [2.75, 3.05) is 13.1 Å². The summed E-state index contributed by atoms with van der Waals surface area (Å²) in [6, 6.07) is 2.23. The number of halogens is 1. The third-order valence-corrected chi connectivity index (χ3v) is 4.98. The van der Waals surface area contributed by atoms with E-state index in [0.717, 1.165) is 38.8 Å². The Balaban J connectivity index is 1.66. The molecule has 1 unspecified atom stereocenters. The number of furan rings is 1. The average molecular weight is 357 g/mol. The van der Waals surface area contributed by atoms with Crippen LogP contribution in [-0.4, -0.2) is 47.2 Å². The Bertz CT molecular complexity index is 531. The Hall–Kier alpha value is -0.850. The van der Waals surface area contributed by atoms with Gasteiger partial charge in [-0.05, 0) is 48.5 Å². The van der Waals surface area contributed by atoms with Gasteiger partial charge in [0, 0.05) is 31.2 Å². The van der Waals surface area contributed by atoms with Crippen LogP contribution in [0.25, 0.3) is 0 Å². The fourth-order valence-corrected chi connectivity index (χ4v) is 4.00. The maximum Gasteiger partial charge on any atom is 0.255 e. The summed E-state index contributed by atoms with van der Waals surface area (Å²) in [5, 5.41) is 12.8. The first kappa shape index (κ1) is 15.1. The highest BCUT2D eigenvalue weighted by Gasteiger charge is 2.36. The topological polar surface area (TPSA) is 65.7 Å². The summed E-state index contributed by atoms with van der Waals surface area (Å²) in [6.45, 7) is 3.45. The molecular formula is C15H21BrN2O3. The predicted molar refractivity (Wildman–Crippen MR) is 82.2 cm³/mol. The molecule has 6 heteroatoms. The van der Waals surface area contributed by atoms with Gasteiger partial charge in [-0.1, -0.05) is 0 Å². The maximum atomic E-state index is 12.4. The molecule has 2 fully saturated rings. The number of β-amino-alcohol motifs (C(OH)–C–C–N with tert-alkyl or cyclic N) is 1. The van der Waals surface area contributed by atoms with Crippen LogP contribution < -0.4 is 5.32 Å². The molecule has 1 aliphatic carbocycles. The predicted octanol–water partition coefficient (Wildman–Crippen LogP) is 2.07. The van der Waals surface area contributed by atoms with Crippen LogP contribution >= 0.6 is 15.9 Å². The van der Waals surface area contributed by atoms with Crippen LogP contribution in [0.1, 0.15) is 41.8 Å². The summed E-state index contributed by atoms with van der Waals surface area (Å²) < 4.78 is 5.93. The molecule has 116 valence electrons. The molecule has 3 atom stereocenters. The van der Waals surface area contributed by atoms with Gasteiger partial charge in [-0.3, -0.25) is 9.69 Å². The summed E-state index contributed by atoms with van der Waals surface area (Å²) in [5.74, 6) is 0.559. The molecule has 1 aromatic heterocycles. The van der Waals surface area contributed by atoms with Gasteiger partial charge >= 0.3 is 0 Å². The number of rotatable bonds is 3. The van der Waals surface area contributed by atoms with Crippen molar-refractivity contribution in [3.05, 3.63) is 22.1 Å². The molecule has 2 aliphatic rings. The van der Waals surface area contributed by atoms with Crippen molar-refractivity contribution in [2.45, 2.75) is 50.8 Å². The zero-order valence-electron chi connectivity index (χ0n) is 12.1. The summed E-state index contributed by atoms with van der Waals surface area (Å²) in [5.41, 5.74) is 0.592. The van der Waals surface area contributed by atoms with E-state index in [1.54, 1.807) is 13.0 Å². The third kappa shape index (κ3) is 3.17. The SMILES string of the molecule is Cc1oc(Br)cc1C(=O)N[C@@H]1CCC[C@@H]1N1CCC(O)C1. The van der Waals surface area contributed by atoms with Crippen LogP contribution in [0.2, 0.25) is 0 Å². The highest BCUT2D eigenvalue weighted by atomic mass is 79.9. The van der Waals surface area contributed by atoms with E-state index in [4.69, 9.17) is 4.42 Å². The number of nitrogens with zero attached hydrogens (tertiary/aromatic N) is 1. The fourth-order valence-electron chi connectivity index (χ4n) is 3.53. The molecule has 3 rings (SSSR count). The van der Waals surface area contributed by atoms with Crippen molar-refractivity contribution in [3.8, 4) is 0 Å². The number of aryl methyl sites for hydroxylation is 1. The number of hydrogen-bond acceptors (Lipinski definition) is 4. The van der Waals surface area contributed by atoms with E-state index in [1.807, 2.05) is 0 Å². The van der Waals surface area contributed by atoms with Crippen LogP contribution in [0, 0.1) is 6.92 Å². The van der Waals surface area contributed by atoms with Crippen molar-refractivity contribution < 1.29 is 14.3 Å². The monoisotopic (exact) mass is 356 g/mol. The number of carbonyl (C=O) groups is 1. The van der Waals surface area contributed by atoms with E-state index in [-0.39, 0.29) is 18.1 Å². The molecule has 1 amide bonds. The summed E-state index contributed by atoms with van der Waals surface area (Å²) in [4.78, 5) is 14.7. The number of aliphatic hydroxyl groups is 1. The number of carbonyl (C=O) groups excluding carboxylic acids is 1. The minimum atomic E-state index is -0.214. The lowest BCUT2D eigenvalue weighted by atomic mass is 10.1. The lowest BCUT2D eigenvalue weighted by Gasteiger charge is -2.29. The number of hydrogen-bond donors (Lipinski definition) is 2. The standard InChI is InChI=1S/C15H21BrN2O3/c1-9-11(7-14(16)21-9)15(20)17-12-3-2-4-13(12)18-6-5-10(19)8-18/h7,10,12-13,19H,2-6,8H2,1H3,(H,17,20)/t10?,12-,13+/m1/s1. The molecule has 0 radical (unpaired) electrons. The van der Waals surface area contributed by atoms with Crippen molar-refractivity contribution >= 4 is 21.8 Å². The van der Waals surface area contributed by atoms with Gasteiger partial charge in [0.1, 0.15) is 5.76 Å². The Morgan fingerprint density at radius 3 is 2.90 bits per heavy atom. The maximum absolute atomic E-state index is 12.4. The molecule has 2 heterocycles. The van der Waals surface area contributed by atoms with Crippen molar-refractivity contribution in [1.29, 1.82) is 0 Å². The second-order valence-corrected chi connectivity index (χ2v) is 6.82. The van der Waals surface area contributed by atoms with Crippen LogP contribution in [0.4, 0.5) is 0 Å². The van der Waals surface area contributed by atoms with Crippen molar-refractivity contribution in [2.24, 2.45) is 0 Å². The van der Waals surface area contributed by atoms with Crippen molar-refractivity contribution in [1.82, 2.24) is 10.2 Å². The quantitative estimate of drug-likeness (QED) is 0.869. The number of likely N-dealkylation sites (tertiary alicyclic amines) is 1. The van der Waals surface area contributed by atoms with Crippen LogP contribution in [0.3, 0.4) is 0 Å². The van der Waals surface area contributed by atoms with Gasteiger partial charge in [-0.25, -0.2) is 0 Å². The Kier molecular flexibility index (Phi) is 4.38. The molecule has 2 N–H and O–H groups in total. The molecule has 0 bridgehead atoms. The first-order valence-electron chi connectivity index (χ1n) is 7.53. The number of amides is 1. The minimum absolute atomic E-state index is 0.0707. The van der Waals surface area contributed by atoms with Crippen LogP contribution in [0.15, 0.2) is 15.2 Å². The van der Waals surface area contributed by atoms with Gasteiger partial charge in [0.2, 0.25) is 0 Å². The molecule has 1 saturated carbocycles. The van der Waals surface area contributed by atoms with Crippen LogP contribution in [-0.2, 0) is 0 Å². The molecule has 1 aliphatic heterocycles. The average Bonchev–Trinajstić information content (AvgIpc) is 3.10. The van der Waals surface area contributed by atoms with Gasteiger partial charge in [0.25, 0.3) is 5.91 Å². The van der Waals surface area contributed by atoms with Gasteiger partial charge in [-0.2, -0.15) is 0 Å².